The summed E-state index contributed by atoms with van der Waals surface area (Å²) >= 11 is 0. The minimum atomic E-state index is -0.215. The van der Waals surface area contributed by atoms with Crippen LogP contribution in [0.5, 0.6) is 0 Å². The largest absolute Gasteiger partial charge is 0.340 e. The van der Waals surface area contributed by atoms with Gasteiger partial charge in [0.25, 0.3) is 0 Å². The number of piperidine rings is 1. The molecular weight excluding hydrogens is 284 g/mol. The molecule has 1 amide bonds. The van der Waals surface area contributed by atoms with Crippen LogP contribution in [0.3, 0.4) is 0 Å². The van der Waals surface area contributed by atoms with Gasteiger partial charge in [-0.1, -0.05) is 60.7 Å². The maximum atomic E-state index is 13.3. The molecule has 0 aromatic heterocycles. The van der Waals surface area contributed by atoms with Gasteiger partial charge >= 0.3 is 0 Å². The molecule has 1 aliphatic rings. The number of carbonyl (C=O) groups is 1. The lowest BCUT2D eigenvalue weighted by Crippen LogP contribution is -2.48. The van der Waals surface area contributed by atoms with E-state index in [9.17, 15) is 4.79 Å². The summed E-state index contributed by atoms with van der Waals surface area (Å²) in [6.07, 6.45) is 2.20. The van der Waals surface area contributed by atoms with Crippen molar-refractivity contribution >= 4 is 5.91 Å². The zero-order valence-corrected chi connectivity index (χ0v) is 13.6. The van der Waals surface area contributed by atoms with E-state index in [4.69, 9.17) is 0 Å². The fourth-order valence-electron chi connectivity index (χ4n) is 3.36. The van der Waals surface area contributed by atoms with Gasteiger partial charge in [-0.15, -0.1) is 0 Å². The quantitative estimate of drug-likeness (QED) is 0.941. The number of likely N-dealkylation sites (N-methyl/N-ethyl adjacent to an activating group) is 1. The Morgan fingerprint density at radius 1 is 1.04 bits per heavy atom. The molecule has 23 heavy (non-hydrogen) atoms. The van der Waals surface area contributed by atoms with E-state index in [1.165, 1.54) is 0 Å². The predicted molar refractivity (Wildman–Crippen MR) is 93.4 cm³/mol. The number of rotatable bonds is 4. The lowest BCUT2D eigenvalue weighted by molar-refractivity contribution is -0.133. The van der Waals surface area contributed by atoms with Crippen molar-refractivity contribution in [1.82, 2.24) is 10.2 Å². The number of nitrogens with zero attached hydrogens (tertiary/aromatic N) is 1. The SMILES string of the molecule is CNC1CCCN(C(=O)C(c2ccccc2)c2ccccc2)C1. The van der Waals surface area contributed by atoms with Crippen LogP contribution in [0, 0.1) is 0 Å². The monoisotopic (exact) mass is 308 g/mol. The van der Waals surface area contributed by atoms with Crippen LogP contribution >= 0.6 is 0 Å². The molecule has 3 nitrogen and oxygen atoms in total. The zero-order valence-electron chi connectivity index (χ0n) is 13.6. The van der Waals surface area contributed by atoms with E-state index in [1.807, 2.05) is 48.3 Å². The average Bonchev–Trinajstić information content (AvgIpc) is 2.64. The minimum Gasteiger partial charge on any atom is -0.340 e. The third-order valence-corrected chi connectivity index (χ3v) is 4.65. The van der Waals surface area contributed by atoms with Crippen molar-refractivity contribution in [3.63, 3.8) is 0 Å². The normalized spacial score (nSPS) is 18.2. The van der Waals surface area contributed by atoms with Gasteiger partial charge in [0.05, 0.1) is 5.92 Å². The lowest BCUT2D eigenvalue weighted by atomic mass is 9.89. The second-order valence-electron chi connectivity index (χ2n) is 6.17. The van der Waals surface area contributed by atoms with Crippen LogP contribution in [0.1, 0.15) is 29.9 Å². The topological polar surface area (TPSA) is 32.3 Å². The molecule has 1 N–H and O–H groups in total. The van der Waals surface area contributed by atoms with E-state index in [0.29, 0.717) is 6.04 Å². The summed E-state index contributed by atoms with van der Waals surface area (Å²) < 4.78 is 0. The predicted octanol–water partition coefficient (Wildman–Crippen LogP) is 3.03. The third kappa shape index (κ3) is 3.62. The Hall–Kier alpha value is -2.13. The van der Waals surface area contributed by atoms with Crippen molar-refractivity contribution in [1.29, 1.82) is 0 Å². The van der Waals surface area contributed by atoms with E-state index < -0.39 is 0 Å². The number of hydrogen-bond acceptors (Lipinski definition) is 2. The summed E-state index contributed by atoms with van der Waals surface area (Å²) in [6, 6.07) is 20.6. The first kappa shape index (κ1) is 15.8. The molecule has 0 saturated carbocycles. The van der Waals surface area contributed by atoms with Gasteiger partial charge in [-0.25, -0.2) is 0 Å². The third-order valence-electron chi connectivity index (χ3n) is 4.65. The van der Waals surface area contributed by atoms with Crippen molar-refractivity contribution in [2.75, 3.05) is 20.1 Å². The average molecular weight is 308 g/mol. The smallest absolute Gasteiger partial charge is 0.234 e. The van der Waals surface area contributed by atoms with Crippen LogP contribution < -0.4 is 5.32 Å². The maximum absolute atomic E-state index is 13.3. The van der Waals surface area contributed by atoms with Crippen LogP contribution in [0.4, 0.5) is 0 Å². The van der Waals surface area contributed by atoms with Gasteiger partial charge in [-0.05, 0) is 31.0 Å². The van der Waals surface area contributed by atoms with E-state index in [-0.39, 0.29) is 11.8 Å². The highest BCUT2D eigenvalue weighted by molar-refractivity contribution is 5.87. The maximum Gasteiger partial charge on any atom is 0.234 e. The standard InChI is InChI=1S/C20H24N2O/c1-21-18-13-8-14-22(15-18)20(23)19(16-9-4-2-5-10-16)17-11-6-3-7-12-17/h2-7,9-12,18-19,21H,8,13-15H2,1H3. The van der Waals surface area contributed by atoms with Crippen LogP contribution in [-0.2, 0) is 4.79 Å². The number of hydrogen-bond donors (Lipinski definition) is 1. The van der Waals surface area contributed by atoms with Gasteiger partial charge in [0.2, 0.25) is 5.91 Å². The highest BCUT2D eigenvalue weighted by Crippen LogP contribution is 2.28. The molecule has 0 spiro atoms. The fourth-order valence-corrected chi connectivity index (χ4v) is 3.36. The summed E-state index contributed by atoms with van der Waals surface area (Å²) in [6.45, 7) is 1.65. The Morgan fingerprint density at radius 3 is 2.13 bits per heavy atom. The number of carbonyl (C=O) groups excluding carboxylic acids is 1. The second kappa shape index (κ2) is 7.42. The molecule has 1 heterocycles. The molecule has 1 fully saturated rings. The van der Waals surface area contributed by atoms with Crippen molar-refractivity contribution in [3.8, 4) is 0 Å². The number of nitrogens with one attached hydrogen (secondary N) is 1. The van der Waals surface area contributed by atoms with Crippen LogP contribution in [-0.4, -0.2) is 37.0 Å². The number of benzene rings is 2. The van der Waals surface area contributed by atoms with Gasteiger partial charge in [-0.2, -0.15) is 0 Å². The Morgan fingerprint density at radius 2 is 1.61 bits per heavy atom. The van der Waals surface area contributed by atoms with Gasteiger partial charge in [0, 0.05) is 19.1 Å². The van der Waals surface area contributed by atoms with Gasteiger partial charge in [-0.3, -0.25) is 4.79 Å². The fraction of sp³-hybridized carbons (Fsp3) is 0.350. The molecule has 0 bridgehead atoms. The number of likely N-dealkylation sites (tertiary alicyclic amines) is 1. The molecule has 1 atom stereocenters. The summed E-state index contributed by atoms with van der Waals surface area (Å²) in [5.41, 5.74) is 2.13. The Balaban J connectivity index is 1.91. The molecule has 3 heteroatoms. The molecule has 0 aliphatic carbocycles. The van der Waals surface area contributed by atoms with Crippen LogP contribution in [0.25, 0.3) is 0 Å². The first-order valence-corrected chi connectivity index (χ1v) is 8.35. The molecule has 1 unspecified atom stereocenters. The number of amides is 1. The lowest BCUT2D eigenvalue weighted by Gasteiger charge is -2.35. The molecule has 1 aliphatic heterocycles. The highest BCUT2D eigenvalue weighted by Gasteiger charge is 2.30. The minimum absolute atomic E-state index is 0.211. The Labute approximate surface area is 138 Å². The first-order chi connectivity index (χ1) is 11.3. The summed E-state index contributed by atoms with van der Waals surface area (Å²) in [7, 11) is 1.98. The van der Waals surface area contributed by atoms with E-state index in [1.54, 1.807) is 0 Å². The second-order valence-corrected chi connectivity index (χ2v) is 6.17. The van der Waals surface area contributed by atoms with Crippen molar-refractivity contribution in [2.45, 2.75) is 24.8 Å². The van der Waals surface area contributed by atoms with E-state index >= 15 is 0 Å². The summed E-state index contributed by atoms with van der Waals surface area (Å²) in [5.74, 6) is -0.00430. The first-order valence-electron chi connectivity index (χ1n) is 8.35. The summed E-state index contributed by atoms with van der Waals surface area (Å²) in [5, 5.41) is 3.31. The molecular formula is C20H24N2O. The van der Waals surface area contributed by atoms with E-state index in [0.717, 1.165) is 37.1 Å². The Bertz CT molecular complexity index is 587. The van der Waals surface area contributed by atoms with Gasteiger partial charge < -0.3 is 10.2 Å². The Kier molecular flexibility index (Phi) is 5.09. The molecule has 3 rings (SSSR count). The van der Waals surface area contributed by atoms with Gasteiger partial charge in [0.15, 0.2) is 0 Å². The highest BCUT2D eigenvalue weighted by atomic mass is 16.2. The van der Waals surface area contributed by atoms with Crippen molar-refractivity contribution in [2.24, 2.45) is 0 Å². The van der Waals surface area contributed by atoms with Gasteiger partial charge in [0.1, 0.15) is 0 Å². The molecule has 120 valence electrons. The molecule has 0 radical (unpaired) electrons. The van der Waals surface area contributed by atoms with Crippen molar-refractivity contribution < 1.29 is 4.79 Å². The summed E-state index contributed by atoms with van der Waals surface area (Å²) in [4.78, 5) is 15.3. The van der Waals surface area contributed by atoms with E-state index in [2.05, 4.69) is 29.6 Å². The zero-order chi connectivity index (χ0) is 16.1. The molecule has 2 aromatic carbocycles. The molecule has 1 saturated heterocycles. The van der Waals surface area contributed by atoms with Crippen molar-refractivity contribution in [3.05, 3.63) is 71.8 Å². The van der Waals surface area contributed by atoms with Crippen LogP contribution in [0.2, 0.25) is 0 Å². The van der Waals surface area contributed by atoms with Crippen LogP contribution in [0.15, 0.2) is 60.7 Å². The molecule has 2 aromatic rings.